The highest BCUT2D eigenvalue weighted by atomic mass is 19.1. The first-order chi connectivity index (χ1) is 10.1. The maximum absolute atomic E-state index is 14.2. The molecule has 0 spiro atoms. The van der Waals surface area contributed by atoms with E-state index in [4.69, 9.17) is 20.8 Å². The van der Waals surface area contributed by atoms with Crippen LogP contribution in [0.1, 0.15) is 11.8 Å². The predicted molar refractivity (Wildman–Crippen MR) is 68.6 cm³/mol. The van der Waals surface area contributed by atoms with Crippen molar-refractivity contribution in [2.75, 3.05) is 12.3 Å². The smallest absolute Gasteiger partial charge is 0.173 e. The van der Waals surface area contributed by atoms with E-state index in [1.807, 2.05) is 6.07 Å². The van der Waals surface area contributed by atoms with Crippen LogP contribution in [0.25, 0.3) is 11.0 Å². The minimum atomic E-state index is -1.76. The first kappa shape index (κ1) is 13.7. The van der Waals surface area contributed by atoms with Gasteiger partial charge in [-0.25, -0.2) is 14.4 Å². The molecule has 0 unspecified atom stereocenters. The average molecular weight is 293 g/mol. The van der Waals surface area contributed by atoms with Crippen molar-refractivity contribution in [2.24, 2.45) is 0 Å². The Kier molecular flexibility index (Phi) is 3.21. The molecule has 0 saturated carbocycles. The summed E-state index contributed by atoms with van der Waals surface area (Å²) in [4.78, 5) is 7.79. The number of nitrogen functional groups attached to an aromatic ring is 1. The number of nitriles is 1. The van der Waals surface area contributed by atoms with E-state index in [1.54, 1.807) is 0 Å². The summed E-state index contributed by atoms with van der Waals surface area (Å²) in [5.41, 5.74) is 6.14. The molecule has 2 aromatic heterocycles. The number of aliphatic hydroxyl groups is 2. The summed E-state index contributed by atoms with van der Waals surface area (Å²) in [6.45, 7) is -0.514. The van der Waals surface area contributed by atoms with Crippen molar-refractivity contribution in [3.63, 3.8) is 0 Å². The van der Waals surface area contributed by atoms with Gasteiger partial charge in [-0.05, 0) is 0 Å². The molecule has 4 N–H and O–H groups in total. The van der Waals surface area contributed by atoms with Gasteiger partial charge < -0.3 is 25.3 Å². The largest absolute Gasteiger partial charge is 0.394 e. The number of hydrogen-bond acceptors (Lipinski definition) is 7. The third kappa shape index (κ3) is 1.92. The highest BCUT2D eigenvalue weighted by molar-refractivity contribution is 5.91. The molecule has 2 aromatic rings. The van der Waals surface area contributed by atoms with Gasteiger partial charge in [-0.3, -0.25) is 0 Å². The number of nitrogens with zero attached hydrogens (tertiary/aromatic N) is 4. The number of alkyl halides is 1. The highest BCUT2D eigenvalue weighted by Crippen LogP contribution is 2.35. The maximum Gasteiger partial charge on any atom is 0.173 e. The van der Waals surface area contributed by atoms with Crippen LogP contribution < -0.4 is 5.73 Å². The summed E-state index contributed by atoms with van der Waals surface area (Å²) in [6, 6.07) is 1.94. The fourth-order valence-electron chi connectivity index (χ4n) is 2.47. The van der Waals surface area contributed by atoms with Crippen molar-refractivity contribution in [3.8, 4) is 6.07 Å². The minimum Gasteiger partial charge on any atom is -0.394 e. The van der Waals surface area contributed by atoms with Crippen LogP contribution in [0.2, 0.25) is 0 Å². The monoisotopic (exact) mass is 293 g/mol. The number of hydrogen-bond donors (Lipinski definition) is 3. The van der Waals surface area contributed by atoms with Crippen LogP contribution in [-0.2, 0) is 4.74 Å². The van der Waals surface area contributed by atoms with E-state index in [2.05, 4.69) is 9.97 Å². The van der Waals surface area contributed by atoms with Crippen LogP contribution in [-0.4, -0.2) is 49.7 Å². The van der Waals surface area contributed by atoms with Crippen LogP contribution in [0.15, 0.2) is 12.5 Å². The lowest BCUT2D eigenvalue weighted by atomic mass is 10.1. The predicted octanol–water partition coefficient (Wildman–Crippen LogP) is -0.526. The van der Waals surface area contributed by atoms with E-state index in [1.165, 1.54) is 17.1 Å². The molecule has 4 atom stereocenters. The molecule has 1 fully saturated rings. The molecule has 8 nitrogen and oxygen atoms in total. The molecule has 3 heterocycles. The molecular formula is C12H12FN5O3. The number of nitrogens with two attached hydrogens (primary N) is 1. The zero-order valence-corrected chi connectivity index (χ0v) is 10.7. The molecule has 1 saturated heterocycles. The fourth-order valence-corrected chi connectivity index (χ4v) is 2.47. The van der Waals surface area contributed by atoms with Crippen LogP contribution in [0.5, 0.6) is 0 Å². The fraction of sp³-hybridized carbons (Fsp3) is 0.417. The van der Waals surface area contributed by atoms with Gasteiger partial charge >= 0.3 is 0 Å². The van der Waals surface area contributed by atoms with Gasteiger partial charge in [0, 0.05) is 6.20 Å². The SMILES string of the molecule is N#Cc1cn([C@H]2O[C@H](CO)[C@@H](O)[C@@H]2F)c2ncnc(N)c12. The van der Waals surface area contributed by atoms with Crippen molar-refractivity contribution in [3.05, 3.63) is 18.1 Å². The lowest BCUT2D eigenvalue weighted by molar-refractivity contribution is -0.0457. The van der Waals surface area contributed by atoms with Crippen molar-refractivity contribution >= 4 is 16.9 Å². The van der Waals surface area contributed by atoms with Crippen molar-refractivity contribution in [2.45, 2.75) is 24.6 Å². The van der Waals surface area contributed by atoms with E-state index in [0.29, 0.717) is 5.39 Å². The molecule has 21 heavy (non-hydrogen) atoms. The quantitative estimate of drug-likeness (QED) is 0.678. The number of ether oxygens (including phenoxy) is 1. The Morgan fingerprint density at radius 3 is 2.90 bits per heavy atom. The number of anilines is 1. The summed E-state index contributed by atoms with van der Waals surface area (Å²) in [6.07, 6.45) is -2.91. The standard InChI is InChI=1S/C12H12FN5O3/c13-8-9(20)6(3-19)21-12(8)18-2-5(1-14)7-10(15)16-4-17-11(7)18/h2,4,6,8-9,12,19-20H,3H2,(H2,15,16,17)/t6-,8+,9-,12+/m1/s1. The number of rotatable bonds is 2. The van der Waals surface area contributed by atoms with E-state index >= 15 is 0 Å². The van der Waals surface area contributed by atoms with Crippen molar-refractivity contribution in [1.29, 1.82) is 5.26 Å². The number of aromatic nitrogens is 3. The van der Waals surface area contributed by atoms with Gasteiger partial charge in [0.25, 0.3) is 0 Å². The van der Waals surface area contributed by atoms with Crippen molar-refractivity contribution in [1.82, 2.24) is 14.5 Å². The molecule has 0 amide bonds. The topological polar surface area (TPSA) is 130 Å². The zero-order chi connectivity index (χ0) is 15.1. The Hall–Kier alpha value is -2.28. The molecule has 110 valence electrons. The van der Waals surface area contributed by atoms with E-state index in [9.17, 15) is 9.50 Å². The van der Waals surface area contributed by atoms with Gasteiger partial charge in [0.05, 0.1) is 17.6 Å². The highest BCUT2D eigenvalue weighted by Gasteiger charge is 2.45. The Morgan fingerprint density at radius 2 is 2.29 bits per heavy atom. The molecular weight excluding hydrogens is 281 g/mol. The molecule has 0 bridgehead atoms. The third-order valence-corrected chi connectivity index (χ3v) is 3.51. The summed E-state index contributed by atoms with van der Waals surface area (Å²) in [5.74, 6) is 0.1000. The van der Waals surface area contributed by atoms with Crippen LogP contribution in [0, 0.1) is 11.3 Å². The minimum absolute atomic E-state index is 0.1000. The van der Waals surface area contributed by atoms with Gasteiger partial charge in [-0.15, -0.1) is 0 Å². The molecule has 0 aliphatic carbocycles. The second-order valence-corrected chi connectivity index (χ2v) is 4.70. The Labute approximate surface area is 118 Å². The molecule has 0 aromatic carbocycles. The summed E-state index contributed by atoms with van der Waals surface area (Å²) in [5, 5.41) is 28.2. The lowest BCUT2D eigenvalue weighted by Gasteiger charge is -2.15. The third-order valence-electron chi connectivity index (χ3n) is 3.51. The van der Waals surface area contributed by atoms with Crippen LogP contribution in [0.3, 0.4) is 0 Å². The van der Waals surface area contributed by atoms with E-state index < -0.39 is 31.2 Å². The average Bonchev–Trinajstić information content (AvgIpc) is 2.99. The number of fused-ring (bicyclic) bond motifs is 1. The molecule has 3 rings (SSSR count). The first-order valence-electron chi connectivity index (χ1n) is 6.18. The normalized spacial score (nSPS) is 28.9. The summed E-state index contributed by atoms with van der Waals surface area (Å²) < 4.78 is 20.8. The van der Waals surface area contributed by atoms with E-state index in [0.717, 1.165) is 0 Å². The van der Waals surface area contributed by atoms with Gasteiger partial charge in [0.15, 0.2) is 12.4 Å². The van der Waals surface area contributed by atoms with Gasteiger partial charge in [-0.2, -0.15) is 5.26 Å². The van der Waals surface area contributed by atoms with Gasteiger partial charge in [0.1, 0.15) is 36.1 Å². The second kappa shape index (κ2) is 4.92. The van der Waals surface area contributed by atoms with E-state index in [-0.39, 0.29) is 17.0 Å². The van der Waals surface area contributed by atoms with Gasteiger partial charge in [0.2, 0.25) is 0 Å². The van der Waals surface area contributed by atoms with Crippen molar-refractivity contribution < 1.29 is 19.3 Å². The van der Waals surface area contributed by atoms with Crippen LogP contribution in [0.4, 0.5) is 10.2 Å². The number of halogens is 1. The Morgan fingerprint density at radius 1 is 1.52 bits per heavy atom. The maximum atomic E-state index is 14.2. The summed E-state index contributed by atoms with van der Waals surface area (Å²) >= 11 is 0. The Bertz CT molecular complexity index is 727. The lowest BCUT2D eigenvalue weighted by Crippen LogP contribution is -2.30. The zero-order valence-electron chi connectivity index (χ0n) is 10.7. The Balaban J connectivity index is 2.14. The molecule has 1 aliphatic heterocycles. The van der Waals surface area contributed by atoms with Gasteiger partial charge in [-0.1, -0.05) is 0 Å². The molecule has 0 radical (unpaired) electrons. The summed E-state index contributed by atoms with van der Waals surface area (Å²) in [7, 11) is 0. The van der Waals surface area contributed by atoms with Crippen LogP contribution >= 0.6 is 0 Å². The first-order valence-corrected chi connectivity index (χ1v) is 6.18. The molecule has 9 heteroatoms. The number of aliphatic hydroxyl groups excluding tert-OH is 2. The molecule has 1 aliphatic rings. The second-order valence-electron chi connectivity index (χ2n) is 4.70.